The number of morpholine rings is 1. The van der Waals surface area contributed by atoms with Gasteiger partial charge in [0.05, 0.1) is 23.0 Å². The van der Waals surface area contributed by atoms with E-state index in [1.807, 2.05) is 6.92 Å². The largest absolute Gasteiger partial charge is 0.481 e. The highest BCUT2D eigenvalue weighted by Crippen LogP contribution is 2.45. The Kier molecular flexibility index (Phi) is 9.09. The molecule has 10 heteroatoms. The SMILES string of the molecule is CCC(C(C)S(=O)(=O)C(C)C)N1C(=O)C(CC(=O)O)OC(c2cccc(Cl)c2)C1c1ccc(Cl)cc1. The molecule has 1 aliphatic rings. The van der Waals surface area contributed by atoms with Gasteiger partial charge >= 0.3 is 5.97 Å². The van der Waals surface area contributed by atoms with E-state index in [0.29, 0.717) is 27.6 Å². The molecule has 1 N–H and O–H groups in total. The summed E-state index contributed by atoms with van der Waals surface area (Å²) in [6.07, 6.45) is -2.31. The molecule has 0 aromatic heterocycles. The minimum atomic E-state index is -3.60. The van der Waals surface area contributed by atoms with E-state index in [4.69, 9.17) is 27.9 Å². The van der Waals surface area contributed by atoms with Crippen molar-refractivity contribution >= 4 is 44.9 Å². The van der Waals surface area contributed by atoms with Crippen molar-refractivity contribution in [2.45, 2.75) is 75.3 Å². The van der Waals surface area contributed by atoms with Gasteiger partial charge < -0.3 is 14.7 Å². The van der Waals surface area contributed by atoms with Crippen LogP contribution in [0, 0.1) is 0 Å². The molecule has 3 rings (SSSR count). The van der Waals surface area contributed by atoms with Crippen molar-refractivity contribution in [2.24, 2.45) is 0 Å². The average Bonchev–Trinajstić information content (AvgIpc) is 2.81. The van der Waals surface area contributed by atoms with Gasteiger partial charge in [0, 0.05) is 16.1 Å². The molecule has 5 unspecified atom stereocenters. The molecule has 0 spiro atoms. The molecule has 1 fully saturated rings. The highest BCUT2D eigenvalue weighted by molar-refractivity contribution is 7.92. The standard InChI is InChI=1S/C26H31Cl2NO6S/c1-5-21(16(4)36(33,34)15(2)3)29-24(17-9-11-19(27)12-10-17)25(18-7-6-8-20(28)13-18)35-22(26(29)32)14-23(30)31/h6-13,15-16,21-22,24-25H,5,14H2,1-4H3,(H,30,31). The Bertz CT molecular complexity index is 1200. The van der Waals surface area contributed by atoms with E-state index in [-0.39, 0.29) is 0 Å². The number of carboxylic acids is 1. The lowest BCUT2D eigenvalue weighted by Crippen LogP contribution is -2.59. The molecule has 196 valence electrons. The Morgan fingerprint density at radius 3 is 2.22 bits per heavy atom. The lowest BCUT2D eigenvalue weighted by molar-refractivity contribution is -0.183. The number of carboxylic acid groups (broad SMARTS) is 1. The van der Waals surface area contributed by atoms with Gasteiger partial charge in [-0.2, -0.15) is 0 Å². The summed E-state index contributed by atoms with van der Waals surface area (Å²) in [5.41, 5.74) is 1.32. The van der Waals surface area contributed by atoms with E-state index in [1.165, 1.54) is 4.90 Å². The number of rotatable bonds is 9. The first-order chi connectivity index (χ1) is 16.9. The van der Waals surface area contributed by atoms with Crippen LogP contribution in [0.1, 0.15) is 63.8 Å². The van der Waals surface area contributed by atoms with Gasteiger partial charge in [-0.1, -0.05) is 54.4 Å². The fourth-order valence-corrected chi connectivity index (χ4v) is 6.71. The maximum Gasteiger partial charge on any atom is 0.306 e. The lowest BCUT2D eigenvalue weighted by Gasteiger charge is -2.49. The number of hydrogen-bond acceptors (Lipinski definition) is 5. The zero-order valence-corrected chi connectivity index (χ0v) is 22.9. The average molecular weight is 557 g/mol. The first kappa shape index (κ1) is 28.4. The maximum atomic E-state index is 13.8. The second kappa shape index (κ2) is 11.5. The number of carbonyl (C=O) groups is 2. The zero-order chi connectivity index (χ0) is 26.8. The second-order valence-corrected chi connectivity index (χ2v) is 13.0. The molecular formula is C26H31Cl2NO6S. The molecule has 2 aromatic carbocycles. The summed E-state index contributed by atoms with van der Waals surface area (Å²) in [5, 5.41) is 8.91. The molecule has 0 saturated carbocycles. The Balaban J connectivity index is 2.25. The van der Waals surface area contributed by atoms with Gasteiger partial charge in [-0.15, -0.1) is 0 Å². The quantitative estimate of drug-likeness (QED) is 0.440. The third-order valence-electron chi connectivity index (χ3n) is 6.67. The summed E-state index contributed by atoms with van der Waals surface area (Å²) in [6, 6.07) is 12.4. The van der Waals surface area contributed by atoms with Gasteiger partial charge in [-0.05, 0) is 62.6 Å². The zero-order valence-electron chi connectivity index (χ0n) is 20.6. The van der Waals surface area contributed by atoms with E-state index in [1.54, 1.807) is 69.3 Å². The Hall–Kier alpha value is -2.13. The number of carbonyl (C=O) groups excluding carboxylic acids is 1. The molecule has 2 aromatic rings. The van der Waals surface area contributed by atoms with Crippen LogP contribution in [0.2, 0.25) is 10.0 Å². The van der Waals surface area contributed by atoms with Gasteiger partial charge in [-0.3, -0.25) is 9.59 Å². The van der Waals surface area contributed by atoms with E-state index < -0.39 is 62.9 Å². The third kappa shape index (κ3) is 5.88. The van der Waals surface area contributed by atoms with Crippen LogP contribution >= 0.6 is 23.2 Å². The van der Waals surface area contributed by atoms with Crippen molar-refractivity contribution in [1.29, 1.82) is 0 Å². The second-order valence-electron chi connectivity index (χ2n) is 9.26. The third-order valence-corrected chi connectivity index (χ3v) is 9.82. The first-order valence-electron chi connectivity index (χ1n) is 11.8. The van der Waals surface area contributed by atoms with Crippen LogP contribution < -0.4 is 0 Å². The molecule has 1 heterocycles. The normalized spacial score (nSPS) is 22.5. The Labute approximate surface area is 222 Å². The molecule has 1 saturated heterocycles. The molecule has 1 amide bonds. The number of amides is 1. The summed E-state index contributed by atoms with van der Waals surface area (Å²) in [4.78, 5) is 27.0. The van der Waals surface area contributed by atoms with Crippen molar-refractivity contribution < 1.29 is 27.9 Å². The van der Waals surface area contributed by atoms with Crippen molar-refractivity contribution in [2.75, 3.05) is 0 Å². The number of hydrogen-bond donors (Lipinski definition) is 1. The minimum absolute atomic E-state index is 0.338. The molecule has 0 bridgehead atoms. The predicted octanol–water partition coefficient (Wildman–Crippen LogP) is 5.47. The number of sulfone groups is 1. The fourth-order valence-electron chi connectivity index (χ4n) is 4.77. The molecule has 5 atom stereocenters. The van der Waals surface area contributed by atoms with E-state index in [0.717, 1.165) is 0 Å². The highest BCUT2D eigenvalue weighted by Gasteiger charge is 2.49. The summed E-state index contributed by atoms with van der Waals surface area (Å²) >= 11 is 12.4. The Morgan fingerprint density at radius 2 is 1.69 bits per heavy atom. The van der Waals surface area contributed by atoms with Gasteiger partial charge in [0.25, 0.3) is 5.91 Å². The van der Waals surface area contributed by atoms with Gasteiger partial charge in [-0.25, -0.2) is 8.42 Å². The smallest absolute Gasteiger partial charge is 0.306 e. The highest BCUT2D eigenvalue weighted by atomic mass is 35.5. The fraction of sp³-hybridized carbons (Fsp3) is 0.462. The van der Waals surface area contributed by atoms with Gasteiger partial charge in [0.15, 0.2) is 9.84 Å². The van der Waals surface area contributed by atoms with Crippen molar-refractivity contribution in [3.63, 3.8) is 0 Å². The molecule has 0 aliphatic carbocycles. The summed E-state index contributed by atoms with van der Waals surface area (Å²) in [7, 11) is -3.60. The van der Waals surface area contributed by atoms with Crippen LogP contribution in [-0.4, -0.2) is 52.9 Å². The predicted molar refractivity (Wildman–Crippen MR) is 140 cm³/mol. The van der Waals surface area contributed by atoms with Crippen LogP contribution in [0.25, 0.3) is 0 Å². The van der Waals surface area contributed by atoms with E-state index >= 15 is 0 Å². The van der Waals surface area contributed by atoms with Gasteiger partial charge in [0.2, 0.25) is 0 Å². The van der Waals surface area contributed by atoms with Crippen molar-refractivity contribution in [1.82, 2.24) is 4.90 Å². The topological polar surface area (TPSA) is 101 Å². The number of halogens is 2. The Morgan fingerprint density at radius 1 is 1.06 bits per heavy atom. The maximum absolute atomic E-state index is 13.8. The van der Waals surface area contributed by atoms with Gasteiger partial charge in [0.1, 0.15) is 12.2 Å². The number of ether oxygens (including phenoxy) is 1. The van der Waals surface area contributed by atoms with Crippen LogP contribution in [0.15, 0.2) is 48.5 Å². The number of aliphatic carboxylic acids is 1. The summed E-state index contributed by atoms with van der Waals surface area (Å²) in [5.74, 6) is -1.76. The lowest BCUT2D eigenvalue weighted by atomic mass is 9.89. The monoisotopic (exact) mass is 555 g/mol. The van der Waals surface area contributed by atoms with E-state index in [2.05, 4.69) is 0 Å². The number of nitrogens with zero attached hydrogens (tertiary/aromatic N) is 1. The van der Waals surface area contributed by atoms with Crippen LogP contribution in [0.4, 0.5) is 0 Å². The molecule has 36 heavy (non-hydrogen) atoms. The van der Waals surface area contributed by atoms with Crippen LogP contribution in [0.3, 0.4) is 0 Å². The summed E-state index contributed by atoms with van der Waals surface area (Å²) < 4.78 is 32.6. The van der Waals surface area contributed by atoms with Crippen LogP contribution in [0.5, 0.6) is 0 Å². The first-order valence-corrected chi connectivity index (χ1v) is 14.2. The van der Waals surface area contributed by atoms with Crippen LogP contribution in [-0.2, 0) is 24.2 Å². The molecule has 7 nitrogen and oxygen atoms in total. The molecule has 1 aliphatic heterocycles. The van der Waals surface area contributed by atoms with Crippen molar-refractivity contribution in [3.8, 4) is 0 Å². The minimum Gasteiger partial charge on any atom is -0.481 e. The molecular weight excluding hydrogens is 525 g/mol. The van der Waals surface area contributed by atoms with E-state index in [9.17, 15) is 23.1 Å². The summed E-state index contributed by atoms with van der Waals surface area (Å²) in [6.45, 7) is 6.64. The molecule has 0 radical (unpaired) electrons. The van der Waals surface area contributed by atoms with Crippen molar-refractivity contribution in [3.05, 3.63) is 69.7 Å². The number of benzene rings is 2.